The maximum atomic E-state index is 11.7. The van der Waals surface area contributed by atoms with Crippen LogP contribution < -0.4 is 9.44 Å². The Morgan fingerprint density at radius 2 is 1.95 bits per heavy atom. The summed E-state index contributed by atoms with van der Waals surface area (Å²) in [5, 5.41) is 8.74. The van der Waals surface area contributed by atoms with Crippen molar-refractivity contribution in [3.05, 3.63) is 29.8 Å². The first-order valence-electron chi connectivity index (χ1n) is 6.47. The van der Waals surface area contributed by atoms with Gasteiger partial charge in [0.15, 0.2) is 0 Å². The highest BCUT2D eigenvalue weighted by Gasteiger charge is 2.26. The molecule has 1 aromatic rings. The van der Waals surface area contributed by atoms with Crippen molar-refractivity contribution in [1.29, 1.82) is 0 Å². The van der Waals surface area contributed by atoms with Crippen LogP contribution in [0.2, 0.25) is 0 Å². The number of rotatable bonds is 7. The van der Waals surface area contributed by atoms with E-state index in [1.807, 2.05) is 6.92 Å². The van der Waals surface area contributed by atoms with Crippen molar-refractivity contribution in [3.8, 4) is 0 Å². The minimum absolute atomic E-state index is 0.0499. The highest BCUT2D eigenvalue weighted by Crippen LogP contribution is 2.22. The Morgan fingerprint density at radius 1 is 1.35 bits per heavy atom. The summed E-state index contributed by atoms with van der Waals surface area (Å²) in [5.41, 5.74) is 1.33. The van der Waals surface area contributed by atoms with Gasteiger partial charge in [0.2, 0.25) is 0 Å². The Labute approximate surface area is 118 Å². The van der Waals surface area contributed by atoms with Crippen molar-refractivity contribution in [1.82, 2.24) is 4.72 Å². The molecule has 1 aliphatic rings. The van der Waals surface area contributed by atoms with Crippen LogP contribution in [0, 0.1) is 0 Å². The Bertz CT molecular complexity index is 579. The average molecular weight is 298 g/mol. The smallest absolute Gasteiger partial charge is 0.303 e. The molecular formula is C13H18N2O4S. The monoisotopic (exact) mass is 298 g/mol. The van der Waals surface area contributed by atoms with Crippen molar-refractivity contribution < 1.29 is 18.3 Å². The molecule has 0 saturated heterocycles. The van der Waals surface area contributed by atoms with Crippen molar-refractivity contribution in [3.63, 3.8) is 0 Å². The molecule has 1 saturated carbocycles. The van der Waals surface area contributed by atoms with E-state index in [-0.39, 0.29) is 18.4 Å². The van der Waals surface area contributed by atoms with Gasteiger partial charge in [-0.3, -0.25) is 9.52 Å². The lowest BCUT2D eigenvalue weighted by molar-refractivity contribution is -0.137. The van der Waals surface area contributed by atoms with Gasteiger partial charge in [-0.25, -0.2) is 0 Å². The van der Waals surface area contributed by atoms with E-state index >= 15 is 0 Å². The zero-order valence-electron chi connectivity index (χ0n) is 11.2. The number of hydrogen-bond acceptors (Lipinski definition) is 3. The van der Waals surface area contributed by atoms with Gasteiger partial charge in [0.25, 0.3) is 10.2 Å². The number of hydrogen-bond donors (Lipinski definition) is 3. The predicted molar refractivity (Wildman–Crippen MR) is 75.8 cm³/mol. The van der Waals surface area contributed by atoms with Crippen LogP contribution in [0.15, 0.2) is 24.3 Å². The lowest BCUT2D eigenvalue weighted by atomic mass is 9.98. The Balaban J connectivity index is 1.98. The standard InChI is InChI=1S/C13H18N2O4S/c1-9(8-13(16)17)10-2-4-11(5-3-10)14-20(18,19)15-12-6-7-12/h2-5,9,12,14-15H,6-8H2,1H3,(H,16,17). The molecule has 2 rings (SSSR count). The molecule has 0 spiro atoms. The molecule has 0 heterocycles. The second kappa shape index (κ2) is 5.80. The van der Waals surface area contributed by atoms with Gasteiger partial charge in [-0.1, -0.05) is 19.1 Å². The van der Waals surface area contributed by atoms with E-state index in [2.05, 4.69) is 9.44 Å². The van der Waals surface area contributed by atoms with Gasteiger partial charge < -0.3 is 5.11 Å². The van der Waals surface area contributed by atoms with E-state index in [9.17, 15) is 13.2 Å². The van der Waals surface area contributed by atoms with E-state index in [4.69, 9.17) is 5.11 Å². The summed E-state index contributed by atoms with van der Waals surface area (Å²) in [6.45, 7) is 1.82. The van der Waals surface area contributed by atoms with Crippen LogP contribution in [0.5, 0.6) is 0 Å². The minimum atomic E-state index is -3.52. The number of benzene rings is 1. The zero-order chi connectivity index (χ0) is 14.8. The van der Waals surface area contributed by atoms with Crippen LogP contribution in [0.25, 0.3) is 0 Å². The Morgan fingerprint density at radius 3 is 2.45 bits per heavy atom. The van der Waals surface area contributed by atoms with Crippen LogP contribution in [0.1, 0.15) is 37.7 Å². The van der Waals surface area contributed by atoms with E-state index in [1.165, 1.54) is 0 Å². The molecule has 0 amide bonds. The third kappa shape index (κ3) is 4.50. The summed E-state index contributed by atoms with van der Waals surface area (Å²) in [6.07, 6.45) is 1.81. The van der Waals surface area contributed by atoms with E-state index < -0.39 is 16.2 Å². The number of aliphatic carboxylic acids is 1. The second-order valence-corrected chi connectivity index (χ2v) is 6.57. The van der Waals surface area contributed by atoms with Gasteiger partial charge in [-0.2, -0.15) is 13.1 Å². The fourth-order valence-electron chi connectivity index (χ4n) is 1.86. The highest BCUT2D eigenvalue weighted by atomic mass is 32.2. The maximum absolute atomic E-state index is 11.7. The predicted octanol–water partition coefficient (Wildman–Crippen LogP) is 1.67. The SMILES string of the molecule is CC(CC(=O)O)c1ccc(NS(=O)(=O)NC2CC2)cc1. The Kier molecular flexibility index (Phi) is 4.29. The molecule has 110 valence electrons. The molecule has 20 heavy (non-hydrogen) atoms. The van der Waals surface area contributed by atoms with Gasteiger partial charge in [0.05, 0.1) is 6.42 Å². The van der Waals surface area contributed by atoms with Gasteiger partial charge >= 0.3 is 5.97 Å². The molecule has 1 fully saturated rings. The summed E-state index contributed by atoms with van der Waals surface area (Å²) in [5.74, 6) is -0.960. The van der Waals surface area contributed by atoms with Crippen molar-refractivity contribution in [2.24, 2.45) is 0 Å². The summed E-state index contributed by atoms with van der Waals surface area (Å²) >= 11 is 0. The molecule has 0 aromatic heterocycles. The first kappa shape index (κ1) is 14.8. The molecule has 1 aromatic carbocycles. The molecule has 0 radical (unpaired) electrons. The third-order valence-corrected chi connectivity index (χ3v) is 4.26. The summed E-state index contributed by atoms with van der Waals surface area (Å²) in [6, 6.07) is 6.81. The summed E-state index contributed by atoms with van der Waals surface area (Å²) in [7, 11) is -3.52. The number of carboxylic acids is 1. The van der Waals surface area contributed by atoms with Gasteiger partial charge in [-0.15, -0.1) is 0 Å². The van der Waals surface area contributed by atoms with E-state index in [1.54, 1.807) is 24.3 Å². The quantitative estimate of drug-likeness (QED) is 0.713. The van der Waals surface area contributed by atoms with Gasteiger partial charge in [-0.05, 0) is 36.5 Å². The average Bonchev–Trinajstić information content (AvgIpc) is 3.11. The van der Waals surface area contributed by atoms with E-state index in [0.29, 0.717) is 5.69 Å². The third-order valence-electron chi connectivity index (χ3n) is 3.11. The molecule has 7 heteroatoms. The maximum Gasteiger partial charge on any atom is 0.303 e. The first-order valence-corrected chi connectivity index (χ1v) is 7.96. The van der Waals surface area contributed by atoms with Crippen LogP contribution in [-0.2, 0) is 15.0 Å². The highest BCUT2D eigenvalue weighted by molar-refractivity contribution is 7.90. The van der Waals surface area contributed by atoms with Crippen molar-refractivity contribution in [2.75, 3.05) is 4.72 Å². The molecule has 6 nitrogen and oxygen atoms in total. The van der Waals surface area contributed by atoms with Gasteiger partial charge in [0.1, 0.15) is 0 Å². The molecule has 0 bridgehead atoms. The van der Waals surface area contributed by atoms with Crippen LogP contribution >= 0.6 is 0 Å². The number of nitrogens with one attached hydrogen (secondary N) is 2. The molecule has 1 unspecified atom stereocenters. The van der Waals surface area contributed by atoms with Crippen molar-refractivity contribution >= 4 is 21.9 Å². The number of carboxylic acid groups (broad SMARTS) is 1. The Hall–Kier alpha value is -1.60. The summed E-state index contributed by atoms with van der Waals surface area (Å²) < 4.78 is 28.4. The molecular weight excluding hydrogens is 280 g/mol. The number of anilines is 1. The molecule has 1 atom stereocenters. The van der Waals surface area contributed by atoms with Crippen molar-refractivity contribution in [2.45, 2.75) is 38.1 Å². The fourth-order valence-corrected chi connectivity index (χ4v) is 3.04. The van der Waals surface area contributed by atoms with E-state index in [0.717, 1.165) is 18.4 Å². The van der Waals surface area contributed by atoms with Crippen LogP contribution in [0.3, 0.4) is 0 Å². The zero-order valence-corrected chi connectivity index (χ0v) is 12.0. The largest absolute Gasteiger partial charge is 0.481 e. The van der Waals surface area contributed by atoms with Crippen LogP contribution in [0.4, 0.5) is 5.69 Å². The minimum Gasteiger partial charge on any atom is -0.481 e. The molecule has 0 aliphatic heterocycles. The topological polar surface area (TPSA) is 95.5 Å². The lowest BCUT2D eigenvalue weighted by Gasteiger charge is -2.12. The van der Waals surface area contributed by atoms with Crippen LogP contribution in [-0.4, -0.2) is 25.5 Å². The molecule has 3 N–H and O–H groups in total. The van der Waals surface area contributed by atoms with Gasteiger partial charge in [0, 0.05) is 11.7 Å². The molecule has 1 aliphatic carbocycles. The fraction of sp³-hybridized carbons (Fsp3) is 0.462. The normalized spacial score (nSPS) is 16.6. The second-order valence-electron chi connectivity index (χ2n) is 5.12. The summed E-state index contributed by atoms with van der Waals surface area (Å²) in [4.78, 5) is 10.6. The number of carbonyl (C=O) groups is 1. The lowest BCUT2D eigenvalue weighted by Crippen LogP contribution is -2.31. The first-order chi connectivity index (χ1) is 9.35.